The molecule has 0 aliphatic heterocycles. The van der Waals surface area contributed by atoms with Gasteiger partial charge in [0, 0.05) is 5.69 Å². The molecule has 19 heavy (non-hydrogen) atoms. The van der Waals surface area contributed by atoms with Gasteiger partial charge in [-0.2, -0.15) is 0 Å². The van der Waals surface area contributed by atoms with Crippen molar-refractivity contribution in [2.75, 3.05) is 5.32 Å². The zero-order valence-corrected chi connectivity index (χ0v) is 11.2. The van der Waals surface area contributed by atoms with Gasteiger partial charge in [0.25, 0.3) is 0 Å². The van der Waals surface area contributed by atoms with Crippen LogP contribution in [0, 0.1) is 11.7 Å². The SMILES string of the molecule is CCC1CCCC(Nc2cccc(F)c2)(C(=O)O)C1. The fraction of sp³-hybridized carbons (Fsp3) is 0.533. The van der Waals surface area contributed by atoms with Crippen molar-refractivity contribution < 1.29 is 14.3 Å². The van der Waals surface area contributed by atoms with E-state index >= 15 is 0 Å². The van der Waals surface area contributed by atoms with Crippen molar-refractivity contribution in [3.8, 4) is 0 Å². The van der Waals surface area contributed by atoms with Crippen LogP contribution in [-0.4, -0.2) is 16.6 Å². The van der Waals surface area contributed by atoms with Crippen molar-refractivity contribution in [1.29, 1.82) is 0 Å². The Hall–Kier alpha value is -1.58. The second-order valence-electron chi connectivity index (χ2n) is 5.39. The van der Waals surface area contributed by atoms with Crippen LogP contribution in [0.1, 0.15) is 39.0 Å². The van der Waals surface area contributed by atoms with Gasteiger partial charge in [-0.1, -0.05) is 32.3 Å². The summed E-state index contributed by atoms with van der Waals surface area (Å²) >= 11 is 0. The number of hydrogen-bond acceptors (Lipinski definition) is 2. The van der Waals surface area contributed by atoms with E-state index in [0.29, 0.717) is 24.4 Å². The van der Waals surface area contributed by atoms with E-state index in [4.69, 9.17) is 0 Å². The number of carboxylic acid groups (broad SMARTS) is 1. The summed E-state index contributed by atoms with van der Waals surface area (Å²) in [7, 11) is 0. The molecule has 1 fully saturated rings. The average molecular weight is 265 g/mol. The molecule has 1 aromatic rings. The first-order valence-corrected chi connectivity index (χ1v) is 6.83. The highest BCUT2D eigenvalue weighted by atomic mass is 19.1. The maximum Gasteiger partial charge on any atom is 0.329 e. The summed E-state index contributed by atoms with van der Waals surface area (Å²) in [6, 6.07) is 6.01. The molecule has 1 aromatic carbocycles. The molecule has 0 heterocycles. The van der Waals surface area contributed by atoms with E-state index in [9.17, 15) is 14.3 Å². The third-order valence-corrected chi connectivity index (χ3v) is 4.05. The molecule has 0 spiro atoms. The third-order valence-electron chi connectivity index (χ3n) is 4.05. The number of carbonyl (C=O) groups is 1. The molecule has 2 rings (SSSR count). The molecule has 2 unspecified atom stereocenters. The summed E-state index contributed by atoms with van der Waals surface area (Å²) < 4.78 is 13.2. The average Bonchev–Trinajstić information content (AvgIpc) is 2.38. The number of rotatable bonds is 4. The zero-order chi connectivity index (χ0) is 13.9. The van der Waals surface area contributed by atoms with Gasteiger partial charge in [0.2, 0.25) is 0 Å². The van der Waals surface area contributed by atoms with Crippen molar-refractivity contribution >= 4 is 11.7 Å². The Morgan fingerprint density at radius 2 is 2.37 bits per heavy atom. The summed E-state index contributed by atoms with van der Waals surface area (Å²) in [6.45, 7) is 2.09. The quantitative estimate of drug-likeness (QED) is 0.873. The summed E-state index contributed by atoms with van der Waals surface area (Å²) in [5, 5.41) is 12.6. The zero-order valence-electron chi connectivity index (χ0n) is 11.2. The van der Waals surface area contributed by atoms with Crippen LogP contribution in [0.25, 0.3) is 0 Å². The Morgan fingerprint density at radius 1 is 1.58 bits per heavy atom. The van der Waals surface area contributed by atoms with Crippen LogP contribution in [0.4, 0.5) is 10.1 Å². The van der Waals surface area contributed by atoms with Gasteiger partial charge in [-0.3, -0.25) is 0 Å². The fourth-order valence-corrected chi connectivity index (χ4v) is 2.94. The van der Waals surface area contributed by atoms with E-state index < -0.39 is 11.5 Å². The lowest BCUT2D eigenvalue weighted by molar-refractivity contribution is -0.144. The van der Waals surface area contributed by atoms with Crippen LogP contribution in [-0.2, 0) is 4.79 Å². The smallest absolute Gasteiger partial charge is 0.329 e. The molecule has 0 bridgehead atoms. The lowest BCUT2D eigenvalue weighted by atomic mass is 9.74. The van der Waals surface area contributed by atoms with Gasteiger partial charge in [-0.25, -0.2) is 9.18 Å². The van der Waals surface area contributed by atoms with E-state index in [1.165, 1.54) is 12.1 Å². The summed E-state index contributed by atoms with van der Waals surface area (Å²) in [5.74, 6) is -0.769. The molecule has 0 radical (unpaired) electrons. The predicted molar refractivity (Wildman–Crippen MR) is 72.6 cm³/mol. The van der Waals surface area contributed by atoms with Crippen molar-refractivity contribution in [3.63, 3.8) is 0 Å². The van der Waals surface area contributed by atoms with Crippen LogP contribution < -0.4 is 5.32 Å². The van der Waals surface area contributed by atoms with Crippen LogP contribution >= 0.6 is 0 Å². The van der Waals surface area contributed by atoms with Gasteiger partial charge < -0.3 is 10.4 Å². The molecule has 4 heteroatoms. The highest BCUT2D eigenvalue weighted by molar-refractivity contribution is 5.83. The second kappa shape index (κ2) is 5.59. The first-order valence-electron chi connectivity index (χ1n) is 6.83. The van der Waals surface area contributed by atoms with Crippen LogP contribution in [0.15, 0.2) is 24.3 Å². The van der Waals surface area contributed by atoms with E-state index in [2.05, 4.69) is 12.2 Å². The van der Waals surface area contributed by atoms with Crippen LogP contribution in [0.5, 0.6) is 0 Å². The molecule has 0 amide bonds. The van der Waals surface area contributed by atoms with Crippen LogP contribution in [0.2, 0.25) is 0 Å². The molecule has 104 valence electrons. The van der Waals surface area contributed by atoms with Crippen LogP contribution in [0.3, 0.4) is 0 Å². The maximum atomic E-state index is 13.2. The van der Waals surface area contributed by atoms with Gasteiger partial charge in [-0.05, 0) is 37.0 Å². The fourth-order valence-electron chi connectivity index (χ4n) is 2.94. The Balaban J connectivity index is 2.22. The minimum Gasteiger partial charge on any atom is -0.480 e. The van der Waals surface area contributed by atoms with Crippen molar-refractivity contribution in [3.05, 3.63) is 30.1 Å². The predicted octanol–water partition coefficient (Wildman–Crippen LogP) is 3.66. The number of anilines is 1. The lowest BCUT2D eigenvalue weighted by Gasteiger charge is -2.38. The molecule has 1 aliphatic carbocycles. The molecule has 1 aliphatic rings. The number of carboxylic acids is 1. The normalized spacial score (nSPS) is 26.9. The van der Waals surface area contributed by atoms with Gasteiger partial charge >= 0.3 is 5.97 Å². The number of nitrogens with one attached hydrogen (secondary N) is 1. The Morgan fingerprint density at radius 3 is 3.00 bits per heavy atom. The van der Waals surface area contributed by atoms with E-state index in [1.807, 2.05) is 0 Å². The topological polar surface area (TPSA) is 49.3 Å². The van der Waals surface area contributed by atoms with Gasteiger partial charge in [-0.15, -0.1) is 0 Å². The molecule has 2 atom stereocenters. The van der Waals surface area contributed by atoms with Crippen molar-refractivity contribution in [2.45, 2.75) is 44.6 Å². The Bertz CT molecular complexity index is 463. The molecule has 1 saturated carbocycles. The number of benzene rings is 1. The highest BCUT2D eigenvalue weighted by Gasteiger charge is 2.42. The Kier molecular flexibility index (Phi) is 4.08. The van der Waals surface area contributed by atoms with E-state index in [-0.39, 0.29) is 5.82 Å². The molecule has 0 aromatic heterocycles. The van der Waals surface area contributed by atoms with E-state index in [1.54, 1.807) is 12.1 Å². The van der Waals surface area contributed by atoms with E-state index in [0.717, 1.165) is 19.3 Å². The monoisotopic (exact) mass is 265 g/mol. The van der Waals surface area contributed by atoms with Gasteiger partial charge in [0.05, 0.1) is 0 Å². The van der Waals surface area contributed by atoms with Crippen molar-refractivity contribution in [1.82, 2.24) is 0 Å². The molecular formula is C15H20FNO2. The molecule has 0 saturated heterocycles. The first kappa shape index (κ1) is 13.8. The first-order chi connectivity index (χ1) is 9.05. The van der Waals surface area contributed by atoms with Gasteiger partial charge in [0.1, 0.15) is 11.4 Å². The second-order valence-corrected chi connectivity index (χ2v) is 5.39. The molecule has 2 N–H and O–H groups in total. The largest absolute Gasteiger partial charge is 0.480 e. The number of halogens is 1. The number of aliphatic carboxylic acids is 1. The maximum absolute atomic E-state index is 13.2. The highest BCUT2D eigenvalue weighted by Crippen LogP contribution is 2.37. The molecular weight excluding hydrogens is 245 g/mol. The summed E-state index contributed by atoms with van der Waals surface area (Å²) in [6.07, 6.45) is 4.16. The standard InChI is InChI=1S/C15H20FNO2/c1-2-11-5-4-8-15(10-11,14(18)19)17-13-7-3-6-12(16)9-13/h3,6-7,9,11,17H,2,4-5,8,10H2,1H3,(H,18,19). The molecule has 3 nitrogen and oxygen atoms in total. The lowest BCUT2D eigenvalue weighted by Crippen LogP contribution is -2.49. The van der Waals surface area contributed by atoms with Gasteiger partial charge in [0.15, 0.2) is 0 Å². The third kappa shape index (κ3) is 3.06. The van der Waals surface area contributed by atoms with Crippen molar-refractivity contribution in [2.24, 2.45) is 5.92 Å². The number of hydrogen-bond donors (Lipinski definition) is 2. The minimum atomic E-state index is -0.952. The minimum absolute atomic E-state index is 0.353. The Labute approximate surface area is 112 Å². The summed E-state index contributed by atoms with van der Waals surface area (Å²) in [4.78, 5) is 11.7. The summed E-state index contributed by atoms with van der Waals surface area (Å²) in [5.41, 5.74) is -0.411.